The zero-order valence-corrected chi connectivity index (χ0v) is 11.4. The number of thiazole rings is 1. The van der Waals surface area contributed by atoms with Crippen molar-refractivity contribution in [3.05, 3.63) is 16.1 Å². The average molecular weight is 292 g/mol. The summed E-state index contributed by atoms with van der Waals surface area (Å²) in [5, 5.41) is 2.67. The van der Waals surface area contributed by atoms with Crippen LogP contribution >= 0.6 is 27.3 Å². The lowest BCUT2D eigenvalue weighted by molar-refractivity contribution is 0.0594. The highest BCUT2D eigenvalue weighted by atomic mass is 79.9. The number of hydrogen-bond donors (Lipinski definition) is 0. The number of nitrogens with zero attached hydrogens (tertiary/aromatic N) is 1. The van der Waals surface area contributed by atoms with Crippen LogP contribution in [0, 0.1) is 5.92 Å². The molecule has 0 bridgehead atoms. The van der Waals surface area contributed by atoms with Crippen molar-refractivity contribution in [2.75, 3.05) is 7.11 Å². The highest BCUT2D eigenvalue weighted by Crippen LogP contribution is 2.34. The number of hydrogen-bond acceptors (Lipinski definition) is 4. The van der Waals surface area contributed by atoms with Crippen molar-refractivity contribution in [3.8, 4) is 0 Å². The molecule has 0 N–H and O–H groups in total. The fraction of sp³-hybridized carbons (Fsp3) is 0.600. The minimum Gasteiger partial charge on any atom is -0.464 e. The largest absolute Gasteiger partial charge is 0.464 e. The number of halogens is 1. The van der Waals surface area contributed by atoms with E-state index in [1.165, 1.54) is 18.4 Å². The van der Waals surface area contributed by atoms with Gasteiger partial charge in [0.25, 0.3) is 0 Å². The summed E-state index contributed by atoms with van der Waals surface area (Å²) < 4.78 is 4.61. The SMILES string of the molecule is CCC(C)C(Br)c1nc(C(=O)OC)cs1. The van der Waals surface area contributed by atoms with Gasteiger partial charge in [0.15, 0.2) is 5.69 Å². The monoisotopic (exact) mass is 291 g/mol. The molecule has 1 aromatic rings. The van der Waals surface area contributed by atoms with Crippen LogP contribution in [0.4, 0.5) is 0 Å². The van der Waals surface area contributed by atoms with Gasteiger partial charge in [-0.05, 0) is 5.92 Å². The van der Waals surface area contributed by atoms with Crippen molar-refractivity contribution in [1.29, 1.82) is 0 Å². The molecule has 5 heteroatoms. The van der Waals surface area contributed by atoms with E-state index in [-0.39, 0.29) is 10.8 Å². The van der Waals surface area contributed by atoms with Crippen LogP contribution in [0.1, 0.15) is 40.6 Å². The van der Waals surface area contributed by atoms with Gasteiger partial charge in [0, 0.05) is 5.38 Å². The van der Waals surface area contributed by atoms with Crippen LogP contribution in [0.2, 0.25) is 0 Å². The Hall–Kier alpha value is -0.420. The van der Waals surface area contributed by atoms with Gasteiger partial charge in [0.05, 0.1) is 11.9 Å². The molecule has 0 aliphatic carbocycles. The van der Waals surface area contributed by atoms with E-state index in [9.17, 15) is 4.79 Å². The first-order chi connectivity index (χ1) is 7.10. The van der Waals surface area contributed by atoms with Crippen LogP contribution in [0.25, 0.3) is 0 Å². The Kier molecular flexibility index (Phi) is 4.73. The Morgan fingerprint density at radius 1 is 1.73 bits per heavy atom. The van der Waals surface area contributed by atoms with Gasteiger partial charge in [-0.1, -0.05) is 36.2 Å². The lowest BCUT2D eigenvalue weighted by Gasteiger charge is -2.13. The molecule has 2 unspecified atom stereocenters. The zero-order chi connectivity index (χ0) is 11.4. The van der Waals surface area contributed by atoms with Crippen LogP contribution in [-0.4, -0.2) is 18.1 Å². The number of rotatable bonds is 4. The summed E-state index contributed by atoms with van der Waals surface area (Å²) in [6.45, 7) is 4.28. The standard InChI is InChI=1S/C10H14BrNO2S/c1-4-6(2)8(11)9-12-7(5-15-9)10(13)14-3/h5-6,8H,4H2,1-3H3. The summed E-state index contributed by atoms with van der Waals surface area (Å²) >= 11 is 5.08. The Balaban J connectivity index is 2.79. The Bertz CT molecular complexity index is 340. The first kappa shape index (κ1) is 12.6. The molecule has 0 fully saturated rings. The van der Waals surface area contributed by atoms with Gasteiger partial charge in [-0.3, -0.25) is 0 Å². The van der Waals surface area contributed by atoms with Gasteiger partial charge in [-0.2, -0.15) is 0 Å². The fourth-order valence-electron chi connectivity index (χ4n) is 1.06. The fourth-order valence-corrected chi connectivity index (χ4v) is 2.76. The second-order valence-corrected chi connectivity index (χ2v) is 5.23. The summed E-state index contributed by atoms with van der Waals surface area (Å²) in [5.74, 6) is 0.128. The molecule has 1 heterocycles. The molecule has 0 saturated heterocycles. The summed E-state index contributed by atoms with van der Waals surface area (Å²) in [6.07, 6.45) is 1.07. The maximum atomic E-state index is 11.2. The molecular weight excluding hydrogens is 278 g/mol. The second-order valence-electron chi connectivity index (χ2n) is 3.35. The molecule has 0 saturated carbocycles. The average Bonchev–Trinajstić information content (AvgIpc) is 2.75. The molecule has 3 nitrogen and oxygen atoms in total. The molecule has 15 heavy (non-hydrogen) atoms. The first-order valence-corrected chi connectivity index (χ1v) is 6.57. The molecular formula is C10H14BrNO2S. The van der Waals surface area contributed by atoms with E-state index in [1.807, 2.05) is 0 Å². The Labute approximate surface area is 102 Å². The molecule has 0 aliphatic rings. The van der Waals surface area contributed by atoms with E-state index < -0.39 is 0 Å². The number of esters is 1. The topological polar surface area (TPSA) is 39.2 Å². The van der Waals surface area contributed by atoms with Gasteiger partial charge < -0.3 is 4.74 Å². The van der Waals surface area contributed by atoms with Crippen LogP contribution in [-0.2, 0) is 4.74 Å². The third-order valence-corrected chi connectivity index (χ3v) is 4.86. The molecule has 0 amide bonds. The summed E-state index contributed by atoms with van der Waals surface area (Å²) in [4.78, 5) is 15.7. The molecule has 84 valence electrons. The maximum Gasteiger partial charge on any atom is 0.357 e. The highest BCUT2D eigenvalue weighted by molar-refractivity contribution is 9.09. The van der Waals surface area contributed by atoms with Crippen molar-refractivity contribution >= 4 is 33.2 Å². The van der Waals surface area contributed by atoms with Crippen LogP contribution in [0.3, 0.4) is 0 Å². The molecule has 1 rings (SSSR count). The van der Waals surface area contributed by atoms with Crippen molar-refractivity contribution in [2.45, 2.75) is 25.1 Å². The van der Waals surface area contributed by atoms with Crippen molar-refractivity contribution in [3.63, 3.8) is 0 Å². The zero-order valence-electron chi connectivity index (χ0n) is 8.99. The first-order valence-electron chi connectivity index (χ1n) is 4.78. The summed E-state index contributed by atoms with van der Waals surface area (Å²) in [5.41, 5.74) is 0.394. The van der Waals surface area contributed by atoms with E-state index in [4.69, 9.17) is 0 Å². The quantitative estimate of drug-likeness (QED) is 0.630. The number of carbonyl (C=O) groups is 1. The molecule has 0 aromatic carbocycles. The smallest absolute Gasteiger partial charge is 0.357 e. The van der Waals surface area contributed by atoms with E-state index in [1.54, 1.807) is 5.38 Å². The number of carbonyl (C=O) groups excluding carboxylic acids is 1. The number of ether oxygens (including phenoxy) is 1. The summed E-state index contributed by atoms with van der Waals surface area (Å²) in [6, 6.07) is 0. The third-order valence-electron chi connectivity index (χ3n) is 2.30. The lowest BCUT2D eigenvalue weighted by Crippen LogP contribution is -2.04. The minimum atomic E-state index is -0.374. The normalized spacial score (nSPS) is 14.7. The van der Waals surface area contributed by atoms with Gasteiger partial charge in [-0.15, -0.1) is 11.3 Å². The van der Waals surface area contributed by atoms with Crippen LogP contribution in [0.5, 0.6) is 0 Å². The third kappa shape index (κ3) is 3.01. The van der Waals surface area contributed by atoms with E-state index in [2.05, 4.69) is 39.5 Å². The molecule has 2 atom stereocenters. The van der Waals surface area contributed by atoms with Gasteiger partial charge in [0.1, 0.15) is 5.01 Å². The highest BCUT2D eigenvalue weighted by Gasteiger charge is 2.20. The van der Waals surface area contributed by atoms with E-state index >= 15 is 0 Å². The number of aromatic nitrogens is 1. The van der Waals surface area contributed by atoms with Gasteiger partial charge in [0.2, 0.25) is 0 Å². The van der Waals surface area contributed by atoms with Crippen LogP contribution in [0.15, 0.2) is 5.38 Å². The minimum absolute atomic E-state index is 0.214. The van der Waals surface area contributed by atoms with Crippen molar-refractivity contribution in [1.82, 2.24) is 4.98 Å². The second kappa shape index (κ2) is 5.61. The maximum absolute atomic E-state index is 11.2. The van der Waals surface area contributed by atoms with Gasteiger partial charge >= 0.3 is 5.97 Å². The van der Waals surface area contributed by atoms with E-state index in [0.717, 1.165) is 11.4 Å². The van der Waals surface area contributed by atoms with Crippen molar-refractivity contribution in [2.24, 2.45) is 5.92 Å². The number of alkyl halides is 1. The number of methoxy groups -OCH3 is 1. The van der Waals surface area contributed by atoms with Gasteiger partial charge in [-0.25, -0.2) is 9.78 Å². The Morgan fingerprint density at radius 2 is 2.40 bits per heavy atom. The predicted octanol–water partition coefficient (Wildman–Crippen LogP) is 3.41. The Morgan fingerprint density at radius 3 is 2.93 bits per heavy atom. The van der Waals surface area contributed by atoms with Crippen molar-refractivity contribution < 1.29 is 9.53 Å². The van der Waals surface area contributed by atoms with E-state index in [0.29, 0.717) is 11.6 Å². The molecule has 0 spiro atoms. The molecule has 0 radical (unpaired) electrons. The molecule has 0 aliphatic heterocycles. The summed E-state index contributed by atoms with van der Waals surface area (Å²) in [7, 11) is 1.36. The predicted molar refractivity (Wildman–Crippen MR) is 64.6 cm³/mol. The molecule has 1 aromatic heterocycles. The lowest BCUT2D eigenvalue weighted by atomic mass is 10.1. The van der Waals surface area contributed by atoms with Crippen LogP contribution < -0.4 is 0 Å².